The van der Waals surface area contributed by atoms with Crippen LogP contribution >= 0.6 is 11.6 Å². The Labute approximate surface area is 123 Å². The van der Waals surface area contributed by atoms with Crippen LogP contribution in [0.3, 0.4) is 0 Å². The van der Waals surface area contributed by atoms with Crippen LogP contribution in [0.2, 0.25) is 5.22 Å². The van der Waals surface area contributed by atoms with Crippen molar-refractivity contribution in [3.63, 3.8) is 0 Å². The zero-order valence-corrected chi connectivity index (χ0v) is 12.6. The van der Waals surface area contributed by atoms with Crippen LogP contribution in [0.1, 0.15) is 18.2 Å². The quantitative estimate of drug-likeness (QED) is 0.887. The van der Waals surface area contributed by atoms with Gasteiger partial charge < -0.3 is 14.5 Å². The summed E-state index contributed by atoms with van der Waals surface area (Å²) in [5.74, 6) is 0.0369. The molecule has 112 valence electrons. The van der Waals surface area contributed by atoms with E-state index in [0.717, 1.165) is 13.1 Å². The summed E-state index contributed by atoms with van der Waals surface area (Å²) in [5.41, 5.74) is 1.33. The molecule has 0 bridgehead atoms. The lowest BCUT2D eigenvalue weighted by atomic mass is 10.1. The van der Waals surface area contributed by atoms with Gasteiger partial charge in [0.2, 0.25) is 11.1 Å². The number of aromatic nitrogens is 1. The van der Waals surface area contributed by atoms with Gasteiger partial charge >= 0.3 is 0 Å². The molecular weight excluding hydrogens is 282 g/mol. The lowest BCUT2D eigenvalue weighted by Gasteiger charge is -2.35. The molecule has 0 radical (unpaired) electrons. The lowest BCUT2D eigenvalue weighted by molar-refractivity contribution is -0.132. The van der Waals surface area contributed by atoms with Gasteiger partial charge in [-0.05, 0) is 25.4 Å². The normalized spacial score (nSPS) is 18.3. The summed E-state index contributed by atoms with van der Waals surface area (Å²) >= 11 is 5.87. The molecule has 1 fully saturated rings. The van der Waals surface area contributed by atoms with E-state index in [4.69, 9.17) is 16.1 Å². The number of hydrogen-bond acceptors (Lipinski definition) is 5. The molecule has 1 aromatic rings. The molecule has 7 heteroatoms. The third kappa shape index (κ3) is 3.71. The van der Waals surface area contributed by atoms with Crippen LogP contribution in [0.25, 0.3) is 0 Å². The maximum Gasteiger partial charge on any atom is 0.229 e. The van der Waals surface area contributed by atoms with Crippen molar-refractivity contribution in [3.05, 3.63) is 16.5 Å². The predicted molar refractivity (Wildman–Crippen MR) is 74.7 cm³/mol. The average molecular weight is 302 g/mol. The second kappa shape index (κ2) is 6.56. The smallest absolute Gasteiger partial charge is 0.229 e. The third-order valence-electron chi connectivity index (χ3n) is 3.51. The van der Waals surface area contributed by atoms with Crippen LogP contribution < -0.4 is 0 Å². The average Bonchev–Trinajstić information content (AvgIpc) is 2.70. The summed E-state index contributed by atoms with van der Waals surface area (Å²) in [6.07, 6.45) is -0.111. The van der Waals surface area contributed by atoms with Gasteiger partial charge in [0.1, 0.15) is 0 Å². The first-order valence-corrected chi connectivity index (χ1v) is 7.14. The van der Waals surface area contributed by atoms with Gasteiger partial charge in [-0.2, -0.15) is 0 Å². The molecule has 2 rings (SSSR count). The highest BCUT2D eigenvalue weighted by molar-refractivity contribution is 6.29. The summed E-state index contributed by atoms with van der Waals surface area (Å²) in [6, 6.07) is 0. The molecule has 1 aromatic heterocycles. The number of piperazine rings is 1. The minimum Gasteiger partial charge on any atom is -0.392 e. The van der Waals surface area contributed by atoms with Gasteiger partial charge in [0.15, 0.2) is 0 Å². The minimum atomic E-state index is -0.337. The van der Waals surface area contributed by atoms with Crippen molar-refractivity contribution in [3.8, 4) is 0 Å². The summed E-state index contributed by atoms with van der Waals surface area (Å²) in [4.78, 5) is 16.2. The molecule has 1 amide bonds. The molecule has 0 spiro atoms. The fraction of sp³-hybridized carbons (Fsp3) is 0.692. The number of carbonyl (C=O) groups excluding carboxylic acids is 1. The highest BCUT2D eigenvalue weighted by Crippen LogP contribution is 2.20. The maximum atomic E-state index is 12.2. The fourth-order valence-electron chi connectivity index (χ4n) is 2.37. The van der Waals surface area contributed by atoms with Crippen LogP contribution in [0.5, 0.6) is 0 Å². The van der Waals surface area contributed by atoms with Gasteiger partial charge in [-0.3, -0.25) is 9.69 Å². The Hall–Kier alpha value is -1.11. The highest BCUT2D eigenvalue weighted by atomic mass is 35.5. The predicted octanol–water partition coefficient (Wildman–Crippen LogP) is 0.704. The van der Waals surface area contributed by atoms with Crippen molar-refractivity contribution in [1.82, 2.24) is 15.0 Å². The van der Waals surface area contributed by atoms with E-state index < -0.39 is 0 Å². The van der Waals surface area contributed by atoms with Crippen molar-refractivity contribution in [1.29, 1.82) is 0 Å². The first kappa shape index (κ1) is 15.3. The van der Waals surface area contributed by atoms with Crippen molar-refractivity contribution in [2.75, 3.05) is 32.7 Å². The number of rotatable bonds is 4. The topological polar surface area (TPSA) is 69.8 Å². The largest absolute Gasteiger partial charge is 0.392 e. The third-order valence-corrected chi connectivity index (χ3v) is 3.81. The van der Waals surface area contributed by atoms with Crippen LogP contribution in [0.15, 0.2) is 4.52 Å². The van der Waals surface area contributed by atoms with E-state index in [0.29, 0.717) is 30.9 Å². The number of β-amino-alcohol motifs (C(OH)–C–C–N with tert-alkyl or cyclic N) is 1. The van der Waals surface area contributed by atoms with Crippen molar-refractivity contribution < 1.29 is 14.4 Å². The zero-order chi connectivity index (χ0) is 14.7. The van der Waals surface area contributed by atoms with E-state index in [-0.39, 0.29) is 23.7 Å². The summed E-state index contributed by atoms with van der Waals surface area (Å²) in [7, 11) is 0. The van der Waals surface area contributed by atoms with E-state index in [1.807, 2.05) is 4.90 Å². The van der Waals surface area contributed by atoms with Gasteiger partial charge in [-0.1, -0.05) is 5.16 Å². The molecule has 20 heavy (non-hydrogen) atoms. The number of aliphatic hydroxyl groups excluding tert-OH is 1. The van der Waals surface area contributed by atoms with Crippen LogP contribution in [0, 0.1) is 6.92 Å². The van der Waals surface area contributed by atoms with E-state index in [9.17, 15) is 9.90 Å². The first-order valence-electron chi connectivity index (χ1n) is 6.76. The molecule has 6 nitrogen and oxygen atoms in total. The second-order valence-corrected chi connectivity index (χ2v) is 5.57. The minimum absolute atomic E-state index is 0.0369. The number of carbonyl (C=O) groups is 1. The molecule has 1 saturated heterocycles. The Morgan fingerprint density at radius 2 is 2.10 bits per heavy atom. The van der Waals surface area contributed by atoms with E-state index in [2.05, 4.69) is 10.1 Å². The summed E-state index contributed by atoms with van der Waals surface area (Å²) in [6.45, 7) is 7.12. The Morgan fingerprint density at radius 1 is 1.45 bits per heavy atom. The lowest BCUT2D eigenvalue weighted by Crippen LogP contribution is -2.50. The van der Waals surface area contributed by atoms with Crippen molar-refractivity contribution in [2.45, 2.75) is 26.4 Å². The molecule has 1 atom stereocenters. The van der Waals surface area contributed by atoms with Crippen LogP contribution in [-0.4, -0.2) is 64.8 Å². The molecule has 0 aliphatic carbocycles. The first-order chi connectivity index (χ1) is 9.47. The summed E-state index contributed by atoms with van der Waals surface area (Å²) < 4.78 is 4.85. The highest BCUT2D eigenvalue weighted by Gasteiger charge is 2.24. The van der Waals surface area contributed by atoms with Crippen molar-refractivity contribution in [2.24, 2.45) is 0 Å². The number of amides is 1. The van der Waals surface area contributed by atoms with Gasteiger partial charge in [-0.25, -0.2) is 0 Å². The Balaban J connectivity index is 1.86. The molecular formula is C13H20ClN3O3. The number of aliphatic hydroxyl groups is 1. The summed E-state index contributed by atoms with van der Waals surface area (Å²) in [5, 5.41) is 13.3. The molecule has 1 aliphatic heterocycles. The zero-order valence-electron chi connectivity index (χ0n) is 11.8. The monoisotopic (exact) mass is 301 g/mol. The number of nitrogens with zero attached hydrogens (tertiary/aromatic N) is 3. The Morgan fingerprint density at radius 3 is 2.60 bits per heavy atom. The van der Waals surface area contributed by atoms with Crippen LogP contribution in [0.4, 0.5) is 0 Å². The molecule has 1 aliphatic rings. The van der Waals surface area contributed by atoms with E-state index >= 15 is 0 Å². The van der Waals surface area contributed by atoms with Crippen LogP contribution in [-0.2, 0) is 11.2 Å². The Kier molecular flexibility index (Phi) is 5.01. The van der Waals surface area contributed by atoms with Gasteiger partial charge in [0, 0.05) is 38.3 Å². The standard InChI is InChI=1S/C13H20ClN3O3/c1-9(18)8-16-3-5-17(6-4-16)12(19)7-11-10(2)15-20-13(11)14/h9,18H,3-8H2,1-2H3/t9-/m0/s1. The van der Waals surface area contributed by atoms with E-state index in [1.54, 1.807) is 13.8 Å². The van der Waals surface area contributed by atoms with Crippen molar-refractivity contribution >= 4 is 17.5 Å². The van der Waals surface area contributed by atoms with E-state index in [1.165, 1.54) is 0 Å². The molecule has 1 N–H and O–H groups in total. The maximum absolute atomic E-state index is 12.2. The second-order valence-electron chi connectivity index (χ2n) is 5.23. The fourth-order valence-corrected chi connectivity index (χ4v) is 2.61. The number of halogens is 1. The number of aryl methyl sites for hydroxylation is 1. The molecule has 0 unspecified atom stereocenters. The SMILES string of the molecule is Cc1noc(Cl)c1CC(=O)N1CCN(C[C@H](C)O)CC1. The molecule has 2 heterocycles. The molecule has 0 saturated carbocycles. The Bertz CT molecular complexity index is 448. The van der Waals surface area contributed by atoms with Gasteiger partial charge in [0.05, 0.1) is 18.2 Å². The molecule has 0 aromatic carbocycles. The van der Waals surface area contributed by atoms with Gasteiger partial charge in [0.25, 0.3) is 0 Å². The van der Waals surface area contributed by atoms with Gasteiger partial charge in [-0.15, -0.1) is 0 Å². The number of hydrogen-bond donors (Lipinski definition) is 1.